The predicted molar refractivity (Wildman–Crippen MR) is 142 cm³/mol. The summed E-state index contributed by atoms with van der Waals surface area (Å²) in [6, 6.07) is 15.5. The van der Waals surface area contributed by atoms with Gasteiger partial charge in [0.25, 0.3) is 0 Å². The van der Waals surface area contributed by atoms with Gasteiger partial charge in [0.1, 0.15) is 11.8 Å². The fourth-order valence-electron chi connectivity index (χ4n) is 6.16. The Morgan fingerprint density at radius 3 is 2.57 bits per heavy atom. The van der Waals surface area contributed by atoms with E-state index in [2.05, 4.69) is 10.6 Å². The van der Waals surface area contributed by atoms with Gasteiger partial charge in [-0.1, -0.05) is 30.3 Å². The van der Waals surface area contributed by atoms with Crippen LogP contribution in [0.2, 0.25) is 0 Å². The Hall–Kier alpha value is -3.04. The molecule has 0 saturated carbocycles. The lowest BCUT2D eigenvalue weighted by Gasteiger charge is -2.36. The lowest BCUT2D eigenvalue weighted by molar-refractivity contribution is -0.141. The number of carbonyl (C=O) groups is 3. The molecule has 3 fully saturated rings. The van der Waals surface area contributed by atoms with E-state index in [9.17, 15) is 19.5 Å². The smallest absolute Gasteiger partial charge is 0.244 e. The number of thioether (sulfide) groups is 1. The van der Waals surface area contributed by atoms with Crippen molar-refractivity contribution in [1.82, 2.24) is 10.2 Å². The monoisotopic (exact) mass is 523 g/mol. The number of nitrogens with zero attached hydrogens (tertiary/aromatic N) is 1. The van der Waals surface area contributed by atoms with Crippen LogP contribution in [0.3, 0.4) is 0 Å². The first-order valence-corrected chi connectivity index (χ1v) is 13.7. The third-order valence-electron chi connectivity index (χ3n) is 7.77. The number of fused-ring (bicyclic) bond motifs is 1. The van der Waals surface area contributed by atoms with Crippen LogP contribution in [0.25, 0.3) is 0 Å². The molecular formula is C28H33N3O5S. The molecule has 2 aromatic rings. The number of aliphatic hydroxyl groups is 1. The summed E-state index contributed by atoms with van der Waals surface area (Å²) in [6.07, 6.45) is 1.45. The minimum atomic E-state index is -0.742. The molecule has 3 heterocycles. The van der Waals surface area contributed by atoms with E-state index in [1.54, 1.807) is 43.0 Å². The summed E-state index contributed by atoms with van der Waals surface area (Å²) in [5.74, 6) is -1.09. The third kappa shape index (κ3) is 4.48. The number of nitrogens with one attached hydrogen (secondary N) is 2. The molecule has 196 valence electrons. The van der Waals surface area contributed by atoms with E-state index in [-0.39, 0.29) is 29.6 Å². The molecule has 3 aliphatic heterocycles. The summed E-state index contributed by atoms with van der Waals surface area (Å²) >= 11 is 1.61. The first-order valence-electron chi connectivity index (χ1n) is 12.9. The highest BCUT2D eigenvalue weighted by molar-refractivity contribution is 8.02. The maximum Gasteiger partial charge on any atom is 0.244 e. The molecule has 37 heavy (non-hydrogen) atoms. The molecule has 1 spiro atoms. The van der Waals surface area contributed by atoms with Crippen molar-refractivity contribution in [3.63, 3.8) is 0 Å². The molecule has 3 saturated heterocycles. The molecule has 2 unspecified atom stereocenters. The highest BCUT2D eigenvalue weighted by Crippen LogP contribution is 2.66. The van der Waals surface area contributed by atoms with Gasteiger partial charge in [-0.2, -0.15) is 0 Å². The number of likely N-dealkylation sites (tertiary alicyclic amines) is 1. The van der Waals surface area contributed by atoms with Gasteiger partial charge >= 0.3 is 0 Å². The van der Waals surface area contributed by atoms with Crippen molar-refractivity contribution in [2.75, 3.05) is 18.5 Å². The zero-order valence-electron chi connectivity index (χ0n) is 21.1. The minimum Gasteiger partial charge on any atom is -0.494 e. The van der Waals surface area contributed by atoms with Gasteiger partial charge in [0.05, 0.1) is 35.8 Å². The number of hydrogen-bond acceptors (Lipinski definition) is 6. The van der Waals surface area contributed by atoms with E-state index in [0.717, 1.165) is 17.7 Å². The van der Waals surface area contributed by atoms with Crippen LogP contribution in [-0.2, 0) is 20.9 Å². The van der Waals surface area contributed by atoms with Crippen molar-refractivity contribution < 1.29 is 24.2 Å². The van der Waals surface area contributed by atoms with Gasteiger partial charge in [-0.3, -0.25) is 14.4 Å². The fourth-order valence-corrected chi connectivity index (χ4v) is 8.37. The van der Waals surface area contributed by atoms with Crippen molar-refractivity contribution in [3.05, 3.63) is 60.2 Å². The maximum absolute atomic E-state index is 13.9. The minimum absolute atomic E-state index is 0.0346. The standard InChI is InChI=1S/C28H33N3O5S/c1-3-36-20-11-9-19(10-12-20)30-25(33)22-21-13-14-28(37-21)23(22)27(35)31(17(2)16-32)24(28)26(34)29-15-18-7-5-4-6-8-18/h4-12,17,21-24,32H,3,13-16H2,1-2H3,(H,29,34)(H,30,33)/t17-,21+,22-,23+,24?,28?/m1/s1. The summed E-state index contributed by atoms with van der Waals surface area (Å²) in [7, 11) is 0. The molecule has 6 atom stereocenters. The number of ether oxygens (including phenoxy) is 1. The van der Waals surface area contributed by atoms with Crippen LogP contribution in [0.4, 0.5) is 5.69 Å². The molecule has 2 aromatic carbocycles. The Labute approximate surface area is 221 Å². The molecule has 0 aromatic heterocycles. The van der Waals surface area contributed by atoms with Crippen LogP contribution in [0.5, 0.6) is 5.75 Å². The van der Waals surface area contributed by atoms with Gasteiger partial charge in [0.15, 0.2) is 0 Å². The second kappa shape index (κ2) is 10.4. The number of anilines is 1. The maximum atomic E-state index is 13.9. The molecule has 9 heteroatoms. The lowest BCUT2D eigenvalue weighted by atomic mass is 9.70. The summed E-state index contributed by atoms with van der Waals surface area (Å²) in [5, 5.41) is 15.9. The van der Waals surface area contributed by atoms with E-state index in [1.165, 1.54) is 4.90 Å². The van der Waals surface area contributed by atoms with E-state index in [0.29, 0.717) is 25.3 Å². The van der Waals surface area contributed by atoms with Gasteiger partial charge in [0.2, 0.25) is 17.7 Å². The Balaban J connectivity index is 1.39. The van der Waals surface area contributed by atoms with Crippen molar-refractivity contribution >= 4 is 35.2 Å². The molecule has 3 N–H and O–H groups in total. The Morgan fingerprint density at radius 1 is 1.16 bits per heavy atom. The molecule has 0 radical (unpaired) electrons. The zero-order valence-corrected chi connectivity index (χ0v) is 21.9. The summed E-state index contributed by atoms with van der Waals surface area (Å²) in [6.45, 7) is 4.31. The Bertz CT molecular complexity index is 1160. The SMILES string of the molecule is CCOc1ccc(NC(=O)[C@@H]2[C@@H]3CCC4(S3)C(C(=O)NCc3ccccc3)N([C@H](C)CO)C(=O)[C@H]24)cc1. The van der Waals surface area contributed by atoms with Crippen LogP contribution in [0, 0.1) is 11.8 Å². The van der Waals surface area contributed by atoms with E-state index < -0.39 is 28.7 Å². The van der Waals surface area contributed by atoms with Crippen LogP contribution in [0.15, 0.2) is 54.6 Å². The molecular weight excluding hydrogens is 490 g/mol. The molecule has 0 aliphatic carbocycles. The molecule has 8 nitrogen and oxygen atoms in total. The Kier molecular flexibility index (Phi) is 7.18. The highest BCUT2D eigenvalue weighted by Gasteiger charge is 2.74. The van der Waals surface area contributed by atoms with Gasteiger partial charge in [-0.25, -0.2) is 0 Å². The van der Waals surface area contributed by atoms with E-state index >= 15 is 0 Å². The van der Waals surface area contributed by atoms with E-state index in [4.69, 9.17) is 4.74 Å². The van der Waals surface area contributed by atoms with Crippen molar-refractivity contribution in [2.24, 2.45) is 11.8 Å². The number of hydrogen-bond donors (Lipinski definition) is 3. The van der Waals surface area contributed by atoms with Gasteiger partial charge in [-0.15, -0.1) is 11.8 Å². The van der Waals surface area contributed by atoms with Crippen LogP contribution >= 0.6 is 11.8 Å². The quantitative estimate of drug-likeness (QED) is 0.467. The average Bonchev–Trinajstić information content (AvgIpc) is 3.56. The second-order valence-electron chi connectivity index (χ2n) is 9.98. The van der Waals surface area contributed by atoms with Gasteiger partial charge in [0, 0.05) is 17.5 Å². The summed E-state index contributed by atoms with van der Waals surface area (Å²) < 4.78 is 4.79. The van der Waals surface area contributed by atoms with Crippen LogP contribution in [-0.4, -0.2) is 63.0 Å². The fraction of sp³-hybridized carbons (Fsp3) is 0.464. The van der Waals surface area contributed by atoms with E-state index in [1.807, 2.05) is 37.3 Å². The van der Waals surface area contributed by atoms with Crippen molar-refractivity contribution in [3.8, 4) is 5.75 Å². The zero-order chi connectivity index (χ0) is 26.2. The second-order valence-corrected chi connectivity index (χ2v) is 11.6. The molecule has 2 bridgehead atoms. The number of benzene rings is 2. The average molecular weight is 524 g/mol. The van der Waals surface area contributed by atoms with Crippen molar-refractivity contribution in [2.45, 2.75) is 55.3 Å². The molecule has 3 aliphatic rings. The molecule has 5 rings (SSSR count). The highest BCUT2D eigenvalue weighted by atomic mass is 32.2. The normalized spacial score (nSPS) is 28.6. The number of carbonyl (C=O) groups excluding carboxylic acids is 3. The topological polar surface area (TPSA) is 108 Å². The number of rotatable bonds is 9. The lowest BCUT2D eigenvalue weighted by Crippen LogP contribution is -2.55. The van der Waals surface area contributed by atoms with Gasteiger partial charge < -0.3 is 25.4 Å². The summed E-state index contributed by atoms with van der Waals surface area (Å²) in [5.41, 5.74) is 1.60. The van der Waals surface area contributed by atoms with Crippen LogP contribution in [0.1, 0.15) is 32.3 Å². The Morgan fingerprint density at radius 2 is 1.89 bits per heavy atom. The first-order chi connectivity index (χ1) is 17.9. The predicted octanol–water partition coefficient (Wildman–Crippen LogP) is 2.81. The number of aliphatic hydroxyl groups excluding tert-OH is 1. The third-order valence-corrected chi connectivity index (χ3v) is 9.72. The molecule has 3 amide bonds. The number of amides is 3. The van der Waals surface area contributed by atoms with Crippen LogP contribution < -0.4 is 15.4 Å². The van der Waals surface area contributed by atoms with Crippen molar-refractivity contribution in [1.29, 1.82) is 0 Å². The summed E-state index contributed by atoms with van der Waals surface area (Å²) in [4.78, 5) is 42.6. The largest absolute Gasteiger partial charge is 0.494 e. The first kappa shape index (κ1) is 25.6. The van der Waals surface area contributed by atoms with Gasteiger partial charge in [-0.05, 0) is 56.5 Å².